The Morgan fingerprint density at radius 1 is 1.12 bits per heavy atom. The first-order valence-corrected chi connectivity index (χ1v) is 8.88. The molecule has 0 fully saturated rings. The largest absolute Gasteiger partial charge is 0.524 e. The van der Waals surface area contributed by atoms with Crippen LogP contribution < -0.4 is 9.84 Å². The minimum absolute atomic E-state index is 0.0309. The van der Waals surface area contributed by atoms with Gasteiger partial charge in [-0.1, -0.05) is 23.2 Å². The van der Waals surface area contributed by atoms with Gasteiger partial charge in [0.25, 0.3) is 5.91 Å². The third kappa shape index (κ3) is 5.36. The maximum Gasteiger partial charge on any atom is 0.524 e. The van der Waals surface area contributed by atoms with Gasteiger partial charge in [-0.2, -0.15) is 13.2 Å². The van der Waals surface area contributed by atoms with Crippen molar-refractivity contribution in [1.29, 1.82) is 0 Å². The van der Waals surface area contributed by atoms with Gasteiger partial charge in [-0.15, -0.1) is 0 Å². The number of hydrogen-bond acceptors (Lipinski definition) is 3. The van der Waals surface area contributed by atoms with Crippen LogP contribution in [-0.4, -0.2) is 15.7 Å². The molecule has 0 saturated carbocycles. The Hall–Kier alpha value is -1.77. The van der Waals surface area contributed by atoms with Crippen LogP contribution in [-0.2, 0) is 10.7 Å². The molecule has 0 heterocycles. The molecule has 2 aromatic carbocycles. The van der Waals surface area contributed by atoms with Crippen molar-refractivity contribution in [2.75, 3.05) is 5.32 Å². The number of halogens is 5. The zero-order chi connectivity index (χ0) is 19.7. The first kappa shape index (κ1) is 20.5. The molecule has 0 atom stereocenters. The summed E-state index contributed by atoms with van der Waals surface area (Å²) < 4.78 is 53.7. The maximum absolute atomic E-state index is 12.8. The summed E-state index contributed by atoms with van der Waals surface area (Å²) in [5.41, 5.74) is -1.81. The summed E-state index contributed by atoms with van der Waals surface area (Å²) in [6.45, 7) is 0. The van der Waals surface area contributed by atoms with E-state index in [0.717, 1.165) is 24.3 Å². The van der Waals surface area contributed by atoms with E-state index in [4.69, 9.17) is 33.0 Å². The summed E-state index contributed by atoms with van der Waals surface area (Å²) in [5.74, 6) is -1.54. The van der Waals surface area contributed by atoms with Crippen molar-refractivity contribution < 1.29 is 36.8 Å². The molecule has 0 unspecified atom stereocenters. The highest BCUT2D eigenvalue weighted by Gasteiger charge is 2.31. The fraction of sp³-hybridized carbons (Fsp3) is 0.0714. The van der Waals surface area contributed by atoms with Gasteiger partial charge in [0.05, 0.1) is 21.8 Å². The van der Waals surface area contributed by atoms with Crippen molar-refractivity contribution in [3.8, 4) is 5.75 Å². The maximum atomic E-state index is 12.8. The van der Waals surface area contributed by atoms with Crippen molar-refractivity contribution >= 4 is 42.6 Å². The second kappa shape index (κ2) is 7.46. The number of phosphoric ester groups is 1. The van der Waals surface area contributed by atoms with Crippen molar-refractivity contribution in [3.05, 3.63) is 57.6 Å². The Morgan fingerprint density at radius 3 is 2.35 bits per heavy atom. The van der Waals surface area contributed by atoms with Crippen LogP contribution in [0.15, 0.2) is 36.4 Å². The number of carbonyl (C=O) groups is 1. The molecular formula is C14H9Cl2F3NO5P. The molecule has 0 aliphatic rings. The molecule has 2 aromatic rings. The fourth-order valence-corrected chi connectivity index (χ4v) is 2.63. The van der Waals surface area contributed by atoms with Gasteiger partial charge < -0.3 is 9.84 Å². The molecule has 0 spiro atoms. The molecule has 0 bridgehead atoms. The molecule has 0 radical (unpaired) electrons. The van der Waals surface area contributed by atoms with Gasteiger partial charge in [0.1, 0.15) is 5.75 Å². The lowest BCUT2D eigenvalue weighted by atomic mass is 10.1. The lowest BCUT2D eigenvalue weighted by molar-refractivity contribution is -0.137. The molecule has 26 heavy (non-hydrogen) atoms. The molecule has 2 rings (SSSR count). The number of benzene rings is 2. The number of hydrogen-bond donors (Lipinski definition) is 3. The zero-order valence-corrected chi connectivity index (χ0v) is 14.8. The van der Waals surface area contributed by atoms with Gasteiger partial charge in [-0.25, -0.2) is 4.57 Å². The number of carbonyl (C=O) groups excluding carboxylic acids is 1. The number of phosphoric acid groups is 1. The van der Waals surface area contributed by atoms with Gasteiger partial charge in [-0.3, -0.25) is 14.6 Å². The third-order valence-electron chi connectivity index (χ3n) is 2.95. The van der Waals surface area contributed by atoms with Gasteiger partial charge in [0, 0.05) is 5.02 Å². The van der Waals surface area contributed by atoms with E-state index in [1.54, 1.807) is 0 Å². The summed E-state index contributed by atoms with van der Waals surface area (Å²) in [7, 11) is -4.99. The second-order valence-corrected chi connectivity index (χ2v) is 6.88. The standard InChI is InChI=1S/C14H9Cl2F3NO5P/c15-8-2-4-12(25-26(22,23)24)9(6-8)13(21)20-11-5-7(14(17,18)19)1-3-10(11)16/h1-6H,(H,20,21)(H2,22,23,24). The van der Waals surface area contributed by atoms with Crippen molar-refractivity contribution in [2.24, 2.45) is 0 Å². The highest BCUT2D eigenvalue weighted by atomic mass is 35.5. The molecule has 6 nitrogen and oxygen atoms in total. The third-order valence-corrected chi connectivity index (χ3v) is 3.94. The van der Waals surface area contributed by atoms with Crippen LogP contribution in [0.1, 0.15) is 15.9 Å². The molecule has 1 amide bonds. The number of anilines is 1. The summed E-state index contributed by atoms with van der Waals surface area (Å²) in [6, 6.07) is 5.58. The molecule has 0 aromatic heterocycles. The van der Waals surface area contributed by atoms with Crippen molar-refractivity contribution in [2.45, 2.75) is 6.18 Å². The van der Waals surface area contributed by atoms with Crippen LogP contribution in [0.5, 0.6) is 5.75 Å². The first-order valence-electron chi connectivity index (χ1n) is 6.59. The zero-order valence-electron chi connectivity index (χ0n) is 12.4. The lowest BCUT2D eigenvalue weighted by Gasteiger charge is -2.14. The van der Waals surface area contributed by atoms with Crippen molar-refractivity contribution in [3.63, 3.8) is 0 Å². The van der Waals surface area contributed by atoms with Crippen LogP contribution >= 0.6 is 31.0 Å². The topological polar surface area (TPSA) is 95.9 Å². The van der Waals surface area contributed by atoms with Crippen LogP contribution in [0.25, 0.3) is 0 Å². The number of nitrogens with one attached hydrogen (secondary N) is 1. The Kier molecular flexibility index (Phi) is 5.89. The summed E-state index contributed by atoms with van der Waals surface area (Å²) >= 11 is 11.5. The highest BCUT2D eigenvalue weighted by Crippen LogP contribution is 2.40. The molecule has 140 valence electrons. The number of rotatable bonds is 4. The molecule has 0 aliphatic carbocycles. The summed E-state index contributed by atoms with van der Waals surface area (Å²) in [6.07, 6.45) is -4.66. The fourth-order valence-electron chi connectivity index (χ4n) is 1.87. The van der Waals surface area contributed by atoms with E-state index in [-0.39, 0.29) is 15.7 Å². The summed E-state index contributed by atoms with van der Waals surface area (Å²) in [4.78, 5) is 30.1. The Labute approximate surface area is 154 Å². The lowest BCUT2D eigenvalue weighted by Crippen LogP contribution is -2.15. The van der Waals surface area contributed by atoms with Gasteiger partial charge >= 0.3 is 14.0 Å². The summed E-state index contributed by atoms with van der Waals surface area (Å²) in [5, 5.41) is 1.99. The van der Waals surface area contributed by atoms with E-state index < -0.39 is 36.8 Å². The Bertz CT molecular complexity index is 901. The quantitative estimate of drug-likeness (QED) is 0.610. The van der Waals surface area contributed by atoms with E-state index in [0.29, 0.717) is 6.07 Å². The van der Waals surface area contributed by atoms with E-state index in [1.807, 2.05) is 0 Å². The smallest absolute Gasteiger partial charge is 0.403 e. The van der Waals surface area contributed by atoms with Crippen LogP contribution in [0.3, 0.4) is 0 Å². The SMILES string of the molecule is O=C(Nc1cc(C(F)(F)F)ccc1Cl)c1cc(Cl)ccc1OP(=O)(O)O. The molecule has 3 N–H and O–H groups in total. The van der Waals surface area contributed by atoms with Gasteiger partial charge in [-0.05, 0) is 36.4 Å². The normalized spacial score (nSPS) is 12.0. The van der Waals surface area contributed by atoms with E-state index in [9.17, 15) is 22.5 Å². The average Bonchev–Trinajstić information content (AvgIpc) is 2.48. The minimum Gasteiger partial charge on any atom is -0.403 e. The highest BCUT2D eigenvalue weighted by molar-refractivity contribution is 7.46. The Morgan fingerprint density at radius 2 is 1.77 bits per heavy atom. The molecule has 0 saturated heterocycles. The van der Waals surface area contributed by atoms with E-state index in [1.165, 1.54) is 6.07 Å². The second-order valence-electron chi connectivity index (χ2n) is 4.87. The monoisotopic (exact) mass is 429 g/mol. The number of amides is 1. The van der Waals surface area contributed by atoms with E-state index in [2.05, 4.69) is 9.84 Å². The first-order chi connectivity index (χ1) is 11.9. The van der Waals surface area contributed by atoms with Gasteiger partial charge in [0.2, 0.25) is 0 Å². The minimum atomic E-state index is -4.99. The molecular weight excluding hydrogens is 421 g/mol. The average molecular weight is 430 g/mol. The predicted molar refractivity (Wildman–Crippen MR) is 88.5 cm³/mol. The van der Waals surface area contributed by atoms with Crippen LogP contribution in [0.2, 0.25) is 10.0 Å². The van der Waals surface area contributed by atoms with Crippen LogP contribution in [0, 0.1) is 0 Å². The number of alkyl halides is 3. The molecule has 0 aliphatic heterocycles. The Balaban J connectivity index is 2.39. The van der Waals surface area contributed by atoms with E-state index >= 15 is 0 Å². The predicted octanol–water partition coefficient (Wildman–Crippen LogP) is 4.74. The molecule has 12 heteroatoms. The van der Waals surface area contributed by atoms with Gasteiger partial charge in [0.15, 0.2) is 0 Å². The van der Waals surface area contributed by atoms with Crippen LogP contribution in [0.4, 0.5) is 18.9 Å². The van der Waals surface area contributed by atoms with Crippen molar-refractivity contribution in [1.82, 2.24) is 0 Å².